The van der Waals surface area contributed by atoms with Crippen LogP contribution in [0.1, 0.15) is 36.0 Å². The van der Waals surface area contributed by atoms with Gasteiger partial charge in [-0.05, 0) is 24.0 Å². The number of aromatic nitrogens is 1. The Morgan fingerprint density at radius 1 is 1.30 bits per heavy atom. The molecule has 0 spiro atoms. The summed E-state index contributed by atoms with van der Waals surface area (Å²) in [6.07, 6.45) is 0.856. The predicted octanol–water partition coefficient (Wildman–Crippen LogP) is 3.83. The number of rotatable bonds is 6. The number of nitrogens with one attached hydrogen (secondary N) is 2. The summed E-state index contributed by atoms with van der Waals surface area (Å²) in [4.78, 5) is 8.85. The topological polar surface area (TPSA) is 49.3 Å². The van der Waals surface area contributed by atoms with Crippen LogP contribution in [0, 0.1) is 0 Å². The molecule has 2 rings (SSSR count). The van der Waals surface area contributed by atoms with Crippen LogP contribution >= 0.6 is 22.9 Å². The third kappa shape index (κ3) is 5.52. The minimum atomic E-state index is 0.466. The summed E-state index contributed by atoms with van der Waals surface area (Å²) in [5.74, 6) is 1.24. The molecule has 2 N–H and O–H groups in total. The molecule has 0 bridgehead atoms. The van der Waals surface area contributed by atoms with Crippen LogP contribution in [0.4, 0.5) is 0 Å². The molecule has 124 valence electrons. The molecule has 0 unspecified atom stereocenters. The van der Waals surface area contributed by atoms with Crippen LogP contribution in [0.15, 0.2) is 34.6 Å². The van der Waals surface area contributed by atoms with Crippen LogP contribution in [-0.4, -0.2) is 24.5 Å². The zero-order valence-corrected chi connectivity index (χ0v) is 15.3. The quantitative estimate of drug-likeness (QED) is 0.615. The summed E-state index contributed by atoms with van der Waals surface area (Å²) >= 11 is 7.84. The molecule has 2 aromatic rings. The molecule has 0 atom stereocenters. The van der Waals surface area contributed by atoms with Gasteiger partial charge in [0.05, 0.1) is 12.2 Å². The van der Waals surface area contributed by atoms with Crippen LogP contribution in [0.2, 0.25) is 5.02 Å². The number of nitrogens with zero attached hydrogens (tertiary/aromatic N) is 2. The standard InChI is InChI=1S/C17H23ClN4S/c1-12(2)15-11-23-16(22-15)10-21-17(19-3)20-9-8-13-6-4-5-7-14(13)18/h4-7,11-12H,8-10H2,1-3H3,(H2,19,20,21). The van der Waals surface area contributed by atoms with Gasteiger partial charge in [0.25, 0.3) is 0 Å². The van der Waals surface area contributed by atoms with Crippen molar-refractivity contribution in [2.24, 2.45) is 4.99 Å². The van der Waals surface area contributed by atoms with Gasteiger partial charge in [-0.2, -0.15) is 0 Å². The molecule has 0 aliphatic heterocycles. The maximum Gasteiger partial charge on any atom is 0.191 e. The summed E-state index contributed by atoms with van der Waals surface area (Å²) in [5, 5.41) is 10.6. The average molecular weight is 351 g/mol. The Labute approximate surface area is 147 Å². The lowest BCUT2D eigenvalue weighted by Gasteiger charge is -2.11. The fourth-order valence-electron chi connectivity index (χ4n) is 2.07. The van der Waals surface area contributed by atoms with E-state index in [4.69, 9.17) is 11.6 Å². The van der Waals surface area contributed by atoms with Crippen LogP contribution in [0.3, 0.4) is 0 Å². The summed E-state index contributed by atoms with van der Waals surface area (Å²) in [5.41, 5.74) is 2.28. The van der Waals surface area contributed by atoms with Crippen molar-refractivity contribution in [1.29, 1.82) is 0 Å². The second kappa shape index (κ2) is 8.89. The Morgan fingerprint density at radius 2 is 2.09 bits per heavy atom. The minimum Gasteiger partial charge on any atom is -0.356 e. The van der Waals surface area contributed by atoms with Gasteiger partial charge in [-0.15, -0.1) is 11.3 Å². The summed E-state index contributed by atoms with van der Waals surface area (Å²) in [6.45, 7) is 5.77. The third-order valence-electron chi connectivity index (χ3n) is 3.44. The predicted molar refractivity (Wildman–Crippen MR) is 99.6 cm³/mol. The molecule has 0 aliphatic rings. The van der Waals surface area contributed by atoms with E-state index in [-0.39, 0.29) is 0 Å². The van der Waals surface area contributed by atoms with E-state index < -0.39 is 0 Å². The van der Waals surface area contributed by atoms with Crippen molar-refractivity contribution in [3.8, 4) is 0 Å². The number of aliphatic imine (C=N–C) groups is 1. The molecule has 0 saturated carbocycles. The first-order valence-corrected chi connectivity index (χ1v) is 8.98. The van der Waals surface area contributed by atoms with E-state index in [0.717, 1.165) is 40.2 Å². The van der Waals surface area contributed by atoms with Gasteiger partial charge >= 0.3 is 0 Å². The number of hydrogen-bond acceptors (Lipinski definition) is 3. The third-order valence-corrected chi connectivity index (χ3v) is 4.67. The van der Waals surface area contributed by atoms with Crippen molar-refractivity contribution >= 4 is 28.9 Å². The van der Waals surface area contributed by atoms with Gasteiger partial charge in [-0.25, -0.2) is 4.98 Å². The van der Waals surface area contributed by atoms with E-state index in [0.29, 0.717) is 12.5 Å². The highest BCUT2D eigenvalue weighted by atomic mass is 35.5. The number of thiazole rings is 1. The van der Waals surface area contributed by atoms with E-state index in [1.807, 2.05) is 24.3 Å². The number of halogens is 1. The van der Waals surface area contributed by atoms with Gasteiger partial charge in [-0.3, -0.25) is 4.99 Å². The van der Waals surface area contributed by atoms with Crippen molar-refractivity contribution in [1.82, 2.24) is 15.6 Å². The second-order valence-corrected chi connectivity index (χ2v) is 6.86. The van der Waals surface area contributed by atoms with E-state index in [9.17, 15) is 0 Å². The Kier molecular flexibility index (Phi) is 6.86. The van der Waals surface area contributed by atoms with E-state index in [1.165, 1.54) is 0 Å². The van der Waals surface area contributed by atoms with Crippen LogP contribution in [0.5, 0.6) is 0 Å². The molecule has 23 heavy (non-hydrogen) atoms. The molecule has 6 heteroatoms. The number of guanidine groups is 1. The molecule has 0 saturated heterocycles. The summed E-state index contributed by atoms with van der Waals surface area (Å²) in [6, 6.07) is 7.91. The highest BCUT2D eigenvalue weighted by Gasteiger charge is 2.06. The number of benzene rings is 1. The Hall–Kier alpha value is -1.59. The van der Waals surface area contributed by atoms with Crippen molar-refractivity contribution in [3.05, 3.63) is 50.9 Å². The monoisotopic (exact) mass is 350 g/mol. The first-order chi connectivity index (χ1) is 11.1. The zero-order chi connectivity index (χ0) is 16.7. The molecular formula is C17H23ClN4S. The zero-order valence-electron chi connectivity index (χ0n) is 13.8. The molecule has 1 aromatic heterocycles. The van der Waals surface area contributed by atoms with Crippen molar-refractivity contribution in [2.45, 2.75) is 32.7 Å². The maximum absolute atomic E-state index is 6.16. The molecule has 1 aromatic carbocycles. The molecule has 0 amide bonds. The minimum absolute atomic E-state index is 0.466. The van der Waals surface area contributed by atoms with Crippen molar-refractivity contribution in [2.75, 3.05) is 13.6 Å². The van der Waals surface area contributed by atoms with Crippen LogP contribution in [0.25, 0.3) is 0 Å². The first kappa shape index (κ1) is 17.8. The lowest BCUT2D eigenvalue weighted by atomic mass is 10.1. The van der Waals surface area contributed by atoms with Crippen molar-refractivity contribution < 1.29 is 0 Å². The first-order valence-electron chi connectivity index (χ1n) is 7.72. The van der Waals surface area contributed by atoms with Gasteiger partial charge in [0, 0.05) is 24.0 Å². The largest absolute Gasteiger partial charge is 0.356 e. The Morgan fingerprint density at radius 3 is 2.74 bits per heavy atom. The second-order valence-electron chi connectivity index (χ2n) is 5.51. The van der Waals surface area contributed by atoms with E-state index in [1.54, 1.807) is 18.4 Å². The summed E-state index contributed by atoms with van der Waals surface area (Å²) in [7, 11) is 1.77. The highest BCUT2D eigenvalue weighted by Crippen LogP contribution is 2.17. The lowest BCUT2D eigenvalue weighted by molar-refractivity contribution is 0.778. The molecular weight excluding hydrogens is 328 g/mol. The molecule has 4 nitrogen and oxygen atoms in total. The van der Waals surface area contributed by atoms with Gasteiger partial charge in [0.1, 0.15) is 5.01 Å². The van der Waals surface area contributed by atoms with Gasteiger partial charge in [0.2, 0.25) is 0 Å². The number of hydrogen-bond donors (Lipinski definition) is 2. The fraction of sp³-hybridized carbons (Fsp3) is 0.412. The van der Waals surface area contributed by atoms with Gasteiger partial charge in [-0.1, -0.05) is 43.6 Å². The van der Waals surface area contributed by atoms with E-state index in [2.05, 4.69) is 39.8 Å². The Balaban J connectivity index is 1.78. The van der Waals surface area contributed by atoms with Gasteiger partial charge < -0.3 is 10.6 Å². The van der Waals surface area contributed by atoms with E-state index >= 15 is 0 Å². The fourth-order valence-corrected chi connectivity index (χ4v) is 3.19. The molecule has 1 heterocycles. The molecule has 0 fully saturated rings. The molecule has 0 aliphatic carbocycles. The highest BCUT2D eigenvalue weighted by molar-refractivity contribution is 7.09. The van der Waals surface area contributed by atoms with Crippen molar-refractivity contribution in [3.63, 3.8) is 0 Å². The van der Waals surface area contributed by atoms with Crippen LogP contribution in [-0.2, 0) is 13.0 Å². The average Bonchev–Trinajstić information content (AvgIpc) is 3.01. The Bertz CT molecular complexity index is 652. The normalized spacial score (nSPS) is 11.8. The lowest BCUT2D eigenvalue weighted by Crippen LogP contribution is -2.37. The molecule has 0 radical (unpaired) electrons. The van der Waals surface area contributed by atoms with Gasteiger partial charge in [0.15, 0.2) is 5.96 Å². The summed E-state index contributed by atoms with van der Waals surface area (Å²) < 4.78 is 0. The smallest absolute Gasteiger partial charge is 0.191 e. The van der Waals surface area contributed by atoms with Crippen LogP contribution < -0.4 is 10.6 Å². The maximum atomic E-state index is 6.16. The SMILES string of the molecule is CN=C(NCCc1ccccc1Cl)NCc1nc(C(C)C)cs1.